The summed E-state index contributed by atoms with van der Waals surface area (Å²) >= 11 is 0. The average Bonchev–Trinajstić information content (AvgIpc) is 2.81. The molecule has 1 aromatic heterocycles. The van der Waals surface area contributed by atoms with E-state index in [2.05, 4.69) is 18.1 Å². The van der Waals surface area contributed by atoms with Crippen LogP contribution in [0.5, 0.6) is 0 Å². The van der Waals surface area contributed by atoms with Crippen LogP contribution in [0.2, 0.25) is 0 Å². The highest BCUT2D eigenvalue weighted by Gasteiger charge is 2.25. The molecule has 2 aromatic rings. The highest BCUT2D eigenvalue weighted by molar-refractivity contribution is 6.15. The number of ketones is 2. The molecule has 0 unspecified atom stereocenters. The van der Waals surface area contributed by atoms with Gasteiger partial charge in [-0.25, -0.2) is 0 Å². The predicted octanol–water partition coefficient (Wildman–Crippen LogP) is 2.76. The lowest BCUT2D eigenvalue weighted by molar-refractivity contribution is -0.124. The monoisotopic (exact) mass is 239 g/mol. The summed E-state index contributed by atoms with van der Waals surface area (Å²) in [6.07, 6.45) is 2.33. The van der Waals surface area contributed by atoms with Gasteiger partial charge in [0.05, 0.1) is 0 Å². The van der Waals surface area contributed by atoms with Gasteiger partial charge in [-0.05, 0) is 29.7 Å². The van der Waals surface area contributed by atoms with Crippen molar-refractivity contribution in [2.75, 3.05) is 0 Å². The number of carbonyl (C=O) groups is 2. The van der Waals surface area contributed by atoms with Gasteiger partial charge in [0.1, 0.15) is 5.92 Å². The molecule has 1 heterocycles. The standard InChI is InChI=1S/C15H13NO2/c1-3-13(17)15(14(18)4-2)12-9-10-7-5-6-8-11(10)16-12/h3-9,15-16H,1-2H2. The van der Waals surface area contributed by atoms with Gasteiger partial charge in [-0.1, -0.05) is 31.4 Å². The van der Waals surface area contributed by atoms with E-state index in [9.17, 15) is 9.59 Å². The Hall–Kier alpha value is -2.42. The number of rotatable bonds is 5. The number of allylic oxidation sites excluding steroid dienone is 2. The van der Waals surface area contributed by atoms with E-state index in [0.717, 1.165) is 23.1 Å². The van der Waals surface area contributed by atoms with Gasteiger partial charge in [-0.2, -0.15) is 0 Å². The minimum Gasteiger partial charge on any atom is -0.357 e. The van der Waals surface area contributed by atoms with Crippen molar-refractivity contribution in [1.82, 2.24) is 4.98 Å². The van der Waals surface area contributed by atoms with Crippen LogP contribution < -0.4 is 0 Å². The molecular weight excluding hydrogens is 226 g/mol. The number of fused-ring (bicyclic) bond motifs is 1. The Bertz CT molecular complexity index is 584. The second kappa shape index (κ2) is 4.84. The number of aromatic amines is 1. The number of carbonyl (C=O) groups excluding carboxylic acids is 2. The van der Waals surface area contributed by atoms with Gasteiger partial charge in [-0.3, -0.25) is 9.59 Å². The van der Waals surface area contributed by atoms with Crippen LogP contribution in [0.3, 0.4) is 0 Å². The number of nitrogens with one attached hydrogen (secondary N) is 1. The first-order chi connectivity index (χ1) is 8.67. The van der Waals surface area contributed by atoms with Crippen LogP contribution in [0.25, 0.3) is 10.9 Å². The van der Waals surface area contributed by atoms with Crippen LogP contribution in [-0.2, 0) is 9.59 Å². The molecule has 0 amide bonds. The lowest BCUT2D eigenvalue weighted by Crippen LogP contribution is -2.18. The topological polar surface area (TPSA) is 49.9 Å². The van der Waals surface area contributed by atoms with Crippen molar-refractivity contribution in [2.45, 2.75) is 5.92 Å². The zero-order valence-corrected chi connectivity index (χ0v) is 9.85. The number of para-hydroxylation sites is 1. The maximum atomic E-state index is 11.8. The van der Waals surface area contributed by atoms with E-state index >= 15 is 0 Å². The molecule has 0 radical (unpaired) electrons. The van der Waals surface area contributed by atoms with E-state index in [1.54, 1.807) is 0 Å². The molecule has 0 bridgehead atoms. The molecule has 0 aliphatic heterocycles. The minimum absolute atomic E-state index is 0.327. The molecule has 18 heavy (non-hydrogen) atoms. The summed E-state index contributed by atoms with van der Waals surface area (Å²) in [4.78, 5) is 26.7. The van der Waals surface area contributed by atoms with Gasteiger partial charge < -0.3 is 4.98 Å². The van der Waals surface area contributed by atoms with E-state index in [0.29, 0.717) is 5.69 Å². The Morgan fingerprint density at radius 1 is 1.11 bits per heavy atom. The lowest BCUT2D eigenvalue weighted by Gasteiger charge is -2.08. The third-order valence-electron chi connectivity index (χ3n) is 2.83. The summed E-state index contributed by atoms with van der Waals surface area (Å²) in [5, 5.41) is 0.964. The minimum atomic E-state index is -0.868. The van der Waals surface area contributed by atoms with Gasteiger partial charge >= 0.3 is 0 Å². The summed E-state index contributed by atoms with van der Waals surface area (Å²) in [5.74, 6) is -1.52. The molecule has 0 saturated carbocycles. The Balaban J connectivity index is 2.53. The third kappa shape index (κ3) is 2.02. The summed E-state index contributed by atoms with van der Waals surface area (Å²) in [7, 11) is 0. The Labute approximate surface area is 105 Å². The van der Waals surface area contributed by atoms with Crippen molar-refractivity contribution in [3.05, 3.63) is 61.3 Å². The highest BCUT2D eigenvalue weighted by Crippen LogP contribution is 2.23. The second-order valence-electron chi connectivity index (χ2n) is 3.96. The van der Waals surface area contributed by atoms with E-state index in [1.165, 1.54) is 0 Å². The van der Waals surface area contributed by atoms with Crippen LogP contribution in [0.4, 0.5) is 0 Å². The summed E-state index contributed by atoms with van der Waals surface area (Å²) in [6, 6.07) is 9.42. The van der Waals surface area contributed by atoms with Crippen molar-refractivity contribution < 1.29 is 9.59 Å². The molecule has 2 rings (SSSR count). The zero-order chi connectivity index (χ0) is 13.1. The molecule has 3 heteroatoms. The molecule has 1 N–H and O–H groups in total. The fourth-order valence-corrected chi connectivity index (χ4v) is 1.93. The molecule has 0 spiro atoms. The smallest absolute Gasteiger partial charge is 0.171 e. The van der Waals surface area contributed by atoms with Crippen molar-refractivity contribution in [3.8, 4) is 0 Å². The van der Waals surface area contributed by atoms with E-state index in [1.807, 2.05) is 30.3 Å². The normalized spacial score (nSPS) is 10.5. The summed E-state index contributed by atoms with van der Waals surface area (Å²) < 4.78 is 0. The van der Waals surface area contributed by atoms with Crippen molar-refractivity contribution in [2.24, 2.45) is 0 Å². The Kier molecular flexibility index (Phi) is 3.24. The third-order valence-corrected chi connectivity index (χ3v) is 2.83. The largest absolute Gasteiger partial charge is 0.357 e. The zero-order valence-electron chi connectivity index (χ0n) is 9.85. The van der Waals surface area contributed by atoms with Crippen LogP contribution in [0, 0.1) is 0 Å². The molecular formula is C15H13NO2. The Morgan fingerprint density at radius 2 is 1.72 bits per heavy atom. The maximum Gasteiger partial charge on any atom is 0.171 e. The SMILES string of the molecule is C=CC(=O)C(C(=O)C=C)c1cc2ccccc2[nH]1. The summed E-state index contributed by atoms with van der Waals surface area (Å²) in [5.41, 5.74) is 1.47. The highest BCUT2D eigenvalue weighted by atomic mass is 16.1. The molecule has 0 aliphatic carbocycles. The first-order valence-electron chi connectivity index (χ1n) is 5.57. The lowest BCUT2D eigenvalue weighted by atomic mass is 9.95. The Morgan fingerprint density at radius 3 is 2.28 bits per heavy atom. The van der Waals surface area contributed by atoms with Gasteiger partial charge in [0.15, 0.2) is 11.6 Å². The molecule has 0 saturated heterocycles. The van der Waals surface area contributed by atoms with Gasteiger partial charge in [-0.15, -0.1) is 0 Å². The van der Waals surface area contributed by atoms with E-state index in [-0.39, 0.29) is 11.6 Å². The molecule has 0 atom stereocenters. The van der Waals surface area contributed by atoms with Crippen LogP contribution in [0.1, 0.15) is 11.6 Å². The molecule has 1 aromatic carbocycles. The van der Waals surface area contributed by atoms with Crippen LogP contribution >= 0.6 is 0 Å². The fraction of sp³-hybridized carbons (Fsp3) is 0.0667. The van der Waals surface area contributed by atoms with Gasteiger partial charge in [0.2, 0.25) is 0 Å². The van der Waals surface area contributed by atoms with Crippen molar-refractivity contribution in [1.29, 1.82) is 0 Å². The number of hydrogen-bond donors (Lipinski definition) is 1. The molecule has 0 fully saturated rings. The van der Waals surface area contributed by atoms with Crippen LogP contribution in [-0.4, -0.2) is 16.6 Å². The van der Waals surface area contributed by atoms with Crippen molar-refractivity contribution >= 4 is 22.5 Å². The van der Waals surface area contributed by atoms with Crippen molar-refractivity contribution in [3.63, 3.8) is 0 Å². The average molecular weight is 239 g/mol. The number of H-pyrrole nitrogens is 1. The van der Waals surface area contributed by atoms with Gasteiger partial charge in [0, 0.05) is 11.2 Å². The molecule has 90 valence electrons. The summed E-state index contributed by atoms with van der Waals surface area (Å²) in [6.45, 7) is 6.86. The first kappa shape index (κ1) is 12.0. The molecule has 3 nitrogen and oxygen atoms in total. The number of hydrogen-bond acceptors (Lipinski definition) is 2. The number of benzene rings is 1. The van der Waals surface area contributed by atoms with Gasteiger partial charge in [0.25, 0.3) is 0 Å². The second-order valence-corrected chi connectivity index (χ2v) is 3.96. The molecule has 0 aliphatic rings. The van der Waals surface area contributed by atoms with Crippen LogP contribution in [0.15, 0.2) is 55.6 Å². The van der Waals surface area contributed by atoms with E-state index in [4.69, 9.17) is 0 Å². The maximum absolute atomic E-state index is 11.8. The fourth-order valence-electron chi connectivity index (χ4n) is 1.93. The predicted molar refractivity (Wildman–Crippen MR) is 71.4 cm³/mol. The number of aromatic nitrogens is 1. The quantitative estimate of drug-likeness (QED) is 0.644. The first-order valence-corrected chi connectivity index (χ1v) is 5.57. The van der Waals surface area contributed by atoms with E-state index < -0.39 is 5.92 Å².